The molecule has 144 valence electrons. The monoisotopic (exact) mass is 464 g/mol. The van der Waals surface area contributed by atoms with E-state index in [2.05, 4.69) is 29.5 Å². The maximum Gasteiger partial charge on any atom is 0.229 e. The van der Waals surface area contributed by atoms with Gasteiger partial charge < -0.3 is 10.6 Å². The van der Waals surface area contributed by atoms with Gasteiger partial charge in [-0.05, 0) is 44.4 Å². The minimum absolute atomic E-state index is 0. The summed E-state index contributed by atoms with van der Waals surface area (Å²) in [5.74, 6) is 2.14. The molecular weight excluding hydrogens is 431 g/mol. The molecule has 2 aliphatic rings. The quantitative estimate of drug-likeness (QED) is 0.284. The molecule has 0 bridgehead atoms. The molecule has 2 unspecified atom stereocenters. The highest BCUT2D eigenvalue weighted by Crippen LogP contribution is 2.28. The van der Waals surface area contributed by atoms with E-state index in [0.717, 1.165) is 37.2 Å². The lowest BCUT2D eigenvalue weighted by Crippen LogP contribution is -2.47. The van der Waals surface area contributed by atoms with Crippen LogP contribution in [-0.4, -0.2) is 48.3 Å². The average molecular weight is 464 g/mol. The summed E-state index contributed by atoms with van der Waals surface area (Å²) in [7, 11) is 0. The summed E-state index contributed by atoms with van der Waals surface area (Å²) >= 11 is 0. The second-order valence-electron chi connectivity index (χ2n) is 7.31. The standard InChI is InChI=1S/C18H32N4O2.HI/c1-4-19-18(21-15-11-13(2)10-14(3)12-15)20-8-9-22-16(23)6-5-7-17(22)24;/h13-15H,4-12H2,1-3H3,(H2,19,20,21);1H. The zero-order valence-electron chi connectivity index (χ0n) is 15.7. The topological polar surface area (TPSA) is 73.8 Å². The fraction of sp³-hybridized carbons (Fsp3) is 0.833. The summed E-state index contributed by atoms with van der Waals surface area (Å²) in [5, 5.41) is 6.80. The molecule has 6 nitrogen and oxygen atoms in total. The zero-order valence-corrected chi connectivity index (χ0v) is 18.0. The van der Waals surface area contributed by atoms with E-state index < -0.39 is 0 Å². The Bertz CT molecular complexity index is 458. The molecule has 0 aromatic heterocycles. The molecule has 1 saturated carbocycles. The van der Waals surface area contributed by atoms with Crippen molar-refractivity contribution in [3.05, 3.63) is 0 Å². The van der Waals surface area contributed by atoms with Gasteiger partial charge >= 0.3 is 0 Å². The van der Waals surface area contributed by atoms with E-state index in [1.54, 1.807) is 0 Å². The summed E-state index contributed by atoms with van der Waals surface area (Å²) in [4.78, 5) is 29.6. The SMILES string of the molecule is CCNC(=NCCN1C(=O)CCCC1=O)NC1CC(C)CC(C)C1.I. The first-order valence-corrected chi connectivity index (χ1v) is 9.37. The van der Waals surface area contributed by atoms with E-state index in [-0.39, 0.29) is 35.8 Å². The van der Waals surface area contributed by atoms with Gasteiger partial charge in [0.2, 0.25) is 11.8 Å². The normalized spacial score (nSPS) is 27.7. The number of carbonyl (C=O) groups is 2. The molecule has 2 rings (SSSR count). The van der Waals surface area contributed by atoms with Crippen LogP contribution in [0.2, 0.25) is 0 Å². The number of guanidine groups is 1. The number of amides is 2. The molecule has 7 heteroatoms. The van der Waals surface area contributed by atoms with Gasteiger partial charge in [0, 0.05) is 32.0 Å². The van der Waals surface area contributed by atoms with Crippen molar-refractivity contribution in [2.45, 2.75) is 65.3 Å². The van der Waals surface area contributed by atoms with Crippen LogP contribution < -0.4 is 10.6 Å². The summed E-state index contributed by atoms with van der Waals surface area (Å²) in [6, 6.07) is 0.444. The minimum atomic E-state index is -0.0608. The molecule has 1 saturated heterocycles. The average Bonchev–Trinajstić information content (AvgIpc) is 2.49. The summed E-state index contributed by atoms with van der Waals surface area (Å²) in [6.07, 6.45) is 5.26. The van der Waals surface area contributed by atoms with Gasteiger partial charge in [-0.25, -0.2) is 0 Å². The Kier molecular flexibility index (Phi) is 9.74. The molecule has 25 heavy (non-hydrogen) atoms. The van der Waals surface area contributed by atoms with Crippen molar-refractivity contribution in [2.75, 3.05) is 19.6 Å². The lowest BCUT2D eigenvalue weighted by molar-refractivity contribution is -0.147. The van der Waals surface area contributed by atoms with Gasteiger partial charge in [-0.15, -0.1) is 24.0 Å². The van der Waals surface area contributed by atoms with Crippen LogP contribution in [-0.2, 0) is 9.59 Å². The fourth-order valence-electron chi connectivity index (χ4n) is 3.89. The van der Waals surface area contributed by atoms with E-state index in [1.807, 2.05) is 6.92 Å². The van der Waals surface area contributed by atoms with Gasteiger partial charge in [-0.1, -0.05) is 13.8 Å². The third-order valence-electron chi connectivity index (χ3n) is 4.84. The third-order valence-corrected chi connectivity index (χ3v) is 4.84. The predicted molar refractivity (Wildman–Crippen MR) is 111 cm³/mol. The number of halogens is 1. The highest BCUT2D eigenvalue weighted by atomic mass is 127. The van der Waals surface area contributed by atoms with E-state index in [4.69, 9.17) is 0 Å². The summed E-state index contributed by atoms with van der Waals surface area (Å²) in [6.45, 7) is 8.28. The molecule has 1 heterocycles. The van der Waals surface area contributed by atoms with Crippen molar-refractivity contribution in [3.63, 3.8) is 0 Å². The zero-order chi connectivity index (χ0) is 17.5. The van der Waals surface area contributed by atoms with E-state index in [1.165, 1.54) is 11.3 Å². The van der Waals surface area contributed by atoms with Gasteiger partial charge in [0.25, 0.3) is 0 Å². The van der Waals surface area contributed by atoms with Gasteiger partial charge in [-0.3, -0.25) is 19.5 Å². The Morgan fingerprint density at radius 2 is 1.72 bits per heavy atom. The maximum absolute atomic E-state index is 11.8. The smallest absolute Gasteiger partial charge is 0.229 e. The second-order valence-corrected chi connectivity index (χ2v) is 7.31. The van der Waals surface area contributed by atoms with Crippen LogP contribution in [0.25, 0.3) is 0 Å². The first-order valence-electron chi connectivity index (χ1n) is 9.37. The van der Waals surface area contributed by atoms with Crippen LogP contribution >= 0.6 is 24.0 Å². The Hall–Kier alpha value is -0.860. The van der Waals surface area contributed by atoms with Crippen molar-refractivity contribution in [1.29, 1.82) is 0 Å². The lowest BCUT2D eigenvalue weighted by atomic mass is 9.80. The predicted octanol–water partition coefficient (Wildman–Crippen LogP) is 2.52. The number of likely N-dealkylation sites (tertiary alicyclic amines) is 1. The number of rotatable bonds is 5. The number of imide groups is 1. The van der Waals surface area contributed by atoms with Crippen LogP contribution in [0.3, 0.4) is 0 Å². The molecule has 1 aliphatic heterocycles. The van der Waals surface area contributed by atoms with Crippen LogP contribution in [0.5, 0.6) is 0 Å². The molecular formula is C18H33IN4O2. The van der Waals surface area contributed by atoms with E-state index in [9.17, 15) is 9.59 Å². The number of hydrogen-bond acceptors (Lipinski definition) is 3. The number of carbonyl (C=O) groups excluding carboxylic acids is 2. The van der Waals surface area contributed by atoms with Crippen molar-refractivity contribution >= 4 is 41.8 Å². The largest absolute Gasteiger partial charge is 0.357 e. The number of hydrogen-bond donors (Lipinski definition) is 2. The molecule has 2 N–H and O–H groups in total. The Morgan fingerprint density at radius 1 is 1.12 bits per heavy atom. The minimum Gasteiger partial charge on any atom is -0.357 e. The fourth-order valence-corrected chi connectivity index (χ4v) is 3.89. The van der Waals surface area contributed by atoms with Crippen LogP contribution in [0.4, 0.5) is 0 Å². The van der Waals surface area contributed by atoms with Crippen molar-refractivity contribution in [3.8, 4) is 0 Å². The Morgan fingerprint density at radius 3 is 2.28 bits per heavy atom. The molecule has 2 amide bonds. The maximum atomic E-state index is 11.8. The van der Waals surface area contributed by atoms with Crippen LogP contribution in [0.15, 0.2) is 4.99 Å². The molecule has 1 aliphatic carbocycles. The summed E-state index contributed by atoms with van der Waals surface area (Å²) in [5.41, 5.74) is 0. The van der Waals surface area contributed by atoms with Gasteiger partial charge in [-0.2, -0.15) is 0 Å². The molecule has 0 radical (unpaired) electrons. The molecule has 0 aromatic rings. The van der Waals surface area contributed by atoms with E-state index in [0.29, 0.717) is 38.4 Å². The molecule has 2 fully saturated rings. The van der Waals surface area contributed by atoms with Crippen molar-refractivity contribution in [1.82, 2.24) is 15.5 Å². The Balaban J connectivity index is 0.00000312. The number of aliphatic imine (C=N–C) groups is 1. The first kappa shape index (κ1) is 22.2. The van der Waals surface area contributed by atoms with Gasteiger partial charge in [0.05, 0.1) is 6.54 Å². The van der Waals surface area contributed by atoms with Gasteiger partial charge in [0.1, 0.15) is 0 Å². The number of piperidine rings is 1. The van der Waals surface area contributed by atoms with Crippen LogP contribution in [0, 0.1) is 11.8 Å². The molecule has 0 aromatic carbocycles. The van der Waals surface area contributed by atoms with Crippen LogP contribution in [0.1, 0.15) is 59.3 Å². The highest BCUT2D eigenvalue weighted by Gasteiger charge is 2.26. The van der Waals surface area contributed by atoms with Crippen molar-refractivity contribution in [2.24, 2.45) is 16.8 Å². The summed E-state index contributed by atoms with van der Waals surface area (Å²) < 4.78 is 0. The number of nitrogens with one attached hydrogen (secondary N) is 2. The van der Waals surface area contributed by atoms with Gasteiger partial charge in [0.15, 0.2) is 5.96 Å². The molecule has 0 spiro atoms. The number of nitrogens with zero attached hydrogens (tertiary/aromatic N) is 2. The lowest BCUT2D eigenvalue weighted by Gasteiger charge is -2.33. The second kappa shape index (κ2) is 11.0. The third kappa shape index (κ3) is 7.11. The first-order chi connectivity index (χ1) is 11.5. The van der Waals surface area contributed by atoms with Crippen molar-refractivity contribution < 1.29 is 9.59 Å². The molecule has 2 atom stereocenters. The Labute approximate surface area is 168 Å². The van der Waals surface area contributed by atoms with E-state index >= 15 is 0 Å². The highest BCUT2D eigenvalue weighted by molar-refractivity contribution is 14.0.